The first-order valence-corrected chi connectivity index (χ1v) is 9.98. The predicted octanol–water partition coefficient (Wildman–Crippen LogP) is 3.95. The zero-order valence-corrected chi connectivity index (χ0v) is 16.6. The van der Waals surface area contributed by atoms with E-state index in [0.717, 1.165) is 29.3 Å². The Hall–Kier alpha value is -1.98. The molecule has 0 atom stereocenters. The fourth-order valence-electron chi connectivity index (χ4n) is 2.46. The van der Waals surface area contributed by atoms with Crippen molar-refractivity contribution in [3.63, 3.8) is 0 Å². The molecule has 1 N–H and O–H groups in total. The molecule has 5 heteroatoms. The molecule has 0 fully saturated rings. The molecule has 0 aromatic heterocycles. The molecule has 1 amide bonds. The van der Waals surface area contributed by atoms with Crippen molar-refractivity contribution in [2.24, 2.45) is 0 Å². The lowest BCUT2D eigenvalue weighted by atomic mass is 10.1. The SMILES string of the molecule is CCOc1ccc(SCC(=O)NCc2cccc(CN(C)CC)c2)cc1. The summed E-state index contributed by atoms with van der Waals surface area (Å²) in [5, 5.41) is 3.00. The van der Waals surface area contributed by atoms with Crippen molar-refractivity contribution in [2.45, 2.75) is 31.8 Å². The van der Waals surface area contributed by atoms with Gasteiger partial charge in [-0.05, 0) is 55.9 Å². The molecule has 0 spiro atoms. The summed E-state index contributed by atoms with van der Waals surface area (Å²) in [5.41, 5.74) is 2.40. The first kappa shape index (κ1) is 20.3. The molecule has 0 bridgehead atoms. The van der Waals surface area contributed by atoms with Crippen LogP contribution in [0.15, 0.2) is 53.4 Å². The van der Waals surface area contributed by atoms with Crippen LogP contribution >= 0.6 is 11.8 Å². The normalized spacial score (nSPS) is 10.8. The molecular weight excluding hydrogens is 344 g/mol. The van der Waals surface area contributed by atoms with Crippen molar-refractivity contribution in [3.05, 3.63) is 59.7 Å². The van der Waals surface area contributed by atoms with E-state index in [1.54, 1.807) is 0 Å². The Morgan fingerprint density at radius 1 is 1.12 bits per heavy atom. The maximum atomic E-state index is 12.1. The molecule has 0 aliphatic heterocycles. The standard InChI is InChI=1S/C21H28N2O2S/c1-4-23(3)15-18-8-6-7-17(13-18)14-22-21(24)16-26-20-11-9-19(10-12-20)25-5-2/h6-13H,4-5,14-16H2,1-3H3,(H,22,24). The van der Waals surface area contributed by atoms with Crippen molar-refractivity contribution < 1.29 is 9.53 Å². The third-order valence-electron chi connectivity index (χ3n) is 3.98. The van der Waals surface area contributed by atoms with Gasteiger partial charge in [-0.3, -0.25) is 4.79 Å². The Bertz CT molecular complexity index is 689. The van der Waals surface area contributed by atoms with Gasteiger partial charge in [0, 0.05) is 18.0 Å². The highest BCUT2D eigenvalue weighted by atomic mass is 32.2. The fourth-order valence-corrected chi connectivity index (χ4v) is 3.19. The van der Waals surface area contributed by atoms with Gasteiger partial charge in [-0.1, -0.05) is 31.2 Å². The molecule has 2 aromatic carbocycles. The molecular formula is C21H28N2O2S. The highest BCUT2D eigenvalue weighted by Crippen LogP contribution is 2.21. The number of hydrogen-bond acceptors (Lipinski definition) is 4. The molecule has 140 valence electrons. The maximum Gasteiger partial charge on any atom is 0.230 e. The molecule has 26 heavy (non-hydrogen) atoms. The van der Waals surface area contributed by atoms with Crippen LogP contribution in [-0.2, 0) is 17.9 Å². The Morgan fingerprint density at radius 2 is 1.85 bits per heavy atom. The summed E-state index contributed by atoms with van der Waals surface area (Å²) >= 11 is 1.53. The first-order chi connectivity index (χ1) is 12.6. The number of thioether (sulfide) groups is 1. The van der Waals surface area contributed by atoms with Gasteiger partial charge in [-0.15, -0.1) is 11.8 Å². The van der Waals surface area contributed by atoms with Crippen LogP contribution in [0.25, 0.3) is 0 Å². The summed E-state index contributed by atoms with van der Waals surface area (Å²) in [6.45, 7) is 7.27. The highest BCUT2D eigenvalue weighted by Gasteiger charge is 2.05. The smallest absolute Gasteiger partial charge is 0.230 e. The van der Waals surface area contributed by atoms with Gasteiger partial charge < -0.3 is 15.0 Å². The second-order valence-electron chi connectivity index (χ2n) is 6.12. The molecule has 4 nitrogen and oxygen atoms in total. The lowest BCUT2D eigenvalue weighted by Gasteiger charge is -2.14. The topological polar surface area (TPSA) is 41.6 Å². The predicted molar refractivity (Wildman–Crippen MR) is 109 cm³/mol. The van der Waals surface area contributed by atoms with Crippen molar-refractivity contribution in [2.75, 3.05) is 26.0 Å². The number of carbonyl (C=O) groups excluding carboxylic acids is 1. The van der Waals surface area contributed by atoms with E-state index in [1.165, 1.54) is 17.3 Å². The fraction of sp³-hybridized carbons (Fsp3) is 0.381. The van der Waals surface area contributed by atoms with Crippen LogP contribution in [0.4, 0.5) is 0 Å². The van der Waals surface area contributed by atoms with Crippen LogP contribution in [0.5, 0.6) is 5.75 Å². The van der Waals surface area contributed by atoms with E-state index in [4.69, 9.17) is 4.74 Å². The molecule has 2 aromatic rings. The van der Waals surface area contributed by atoms with Gasteiger partial charge in [0.1, 0.15) is 5.75 Å². The van der Waals surface area contributed by atoms with Crippen molar-refractivity contribution in [1.82, 2.24) is 10.2 Å². The molecule has 0 saturated carbocycles. The molecule has 2 rings (SSSR count). The minimum atomic E-state index is 0.0416. The third-order valence-corrected chi connectivity index (χ3v) is 4.99. The van der Waals surface area contributed by atoms with Crippen LogP contribution in [0.1, 0.15) is 25.0 Å². The zero-order valence-electron chi connectivity index (χ0n) is 15.8. The summed E-state index contributed by atoms with van der Waals surface area (Å²) in [6.07, 6.45) is 0. The molecule has 0 unspecified atom stereocenters. The molecule has 0 heterocycles. The van der Waals surface area contributed by atoms with Gasteiger partial charge in [0.2, 0.25) is 5.91 Å². The van der Waals surface area contributed by atoms with Crippen molar-refractivity contribution >= 4 is 17.7 Å². The number of ether oxygens (including phenoxy) is 1. The summed E-state index contributed by atoms with van der Waals surface area (Å²) < 4.78 is 5.42. The number of carbonyl (C=O) groups is 1. The van der Waals surface area contributed by atoms with Gasteiger partial charge in [-0.25, -0.2) is 0 Å². The minimum absolute atomic E-state index is 0.0416. The van der Waals surface area contributed by atoms with Gasteiger partial charge in [-0.2, -0.15) is 0 Å². The van der Waals surface area contributed by atoms with Crippen LogP contribution < -0.4 is 10.1 Å². The van der Waals surface area contributed by atoms with Crippen LogP contribution in [-0.4, -0.2) is 36.8 Å². The Kier molecular flexibility index (Phi) is 8.51. The lowest BCUT2D eigenvalue weighted by molar-refractivity contribution is -0.118. The van der Waals surface area contributed by atoms with E-state index in [1.807, 2.05) is 31.2 Å². The number of amides is 1. The Balaban J connectivity index is 1.77. The molecule has 0 aliphatic rings. The number of nitrogens with zero attached hydrogens (tertiary/aromatic N) is 1. The number of benzene rings is 2. The maximum absolute atomic E-state index is 12.1. The van der Waals surface area contributed by atoms with E-state index >= 15 is 0 Å². The molecule has 0 radical (unpaired) electrons. The summed E-state index contributed by atoms with van der Waals surface area (Å²) in [6, 6.07) is 16.2. The Labute approximate surface area is 160 Å². The summed E-state index contributed by atoms with van der Waals surface area (Å²) in [7, 11) is 2.10. The van der Waals surface area contributed by atoms with E-state index < -0.39 is 0 Å². The number of hydrogen-bond donors (Lipinski definition) is 1. The minimum Gasteiger partial charge on any atom is -0.494 e. The van der Waals surface area contributed by atoms with Crippen molar-refractivity contribution in [1.29, 1.82) is 0 Å². The Morgan fingerprint density at radius 3 is 2.54 bits per heavy atom. The van der Waals surface area contributed by atoms with E-state index in [2.05, 4.69) is 48.5 Å². The van der Waals surface area contributed by atoms with Crippen LogP contribution in [0.2, 0.25) is 0 Å². The first-order valence-electron chi connectivity index (χ1n) is 8.99. The number of nitrogens with one attached hydrogen (secondary N) is 1. The average molecular weight is 373 g/mol. The second kappa shape index (κ2) is 10.9. The quantitative estimate of drug-likeness (QED) is 0.641. The van der Waals surface area contributed by atoms with Crippen LogP contribution in [0.3, 0.4) is 0 Å². The monoisotopic (exact) mass is 372 g/mol. The zero-order chi connectivity index (χ0) is 18.8. The second-order valence-corrected chi connectivity index (χ2v) is 7.17. The molecule has 0 aliphatic carbocycles. The van der Waals surface area contributed by atoms with Gasteiger partial charge in [0.05, 0.1) is 12.4 Å². The molecule has 0 saturated heterocycles. The summed E-state index contributed by atoms with van der Waals surface area (Å²) in [4.78, 5) is 15.4. The van der Waals surface area contributed by atoms with E-state index in [9.17, 15) is 4.79 Å². The van der Waals surface area contributed by atoms with E-state index in [-0.39, 0.29) is 5.91 Å². The van der Waals surface area contributed by atoms with Crippen molar-refractivity contribution in [3.8, 4) is 5.75 Å². The largest absolute Gasteiger partial charge is 0.494 e. The van der Waals surface area contributed by atoms with Crippen LogP contribution in [0, 0.1) is 0 Å². The van der Waals surface area contributed by atoms with E-state index in [0.29, 0.717) is 18.9 Å². The van der Waals surface area contributed by atoms with Gasteiger partial charge in [0.15, 0.2) is 0 Å². The lowest BCUT2D eigenvalue weighted by Crippen LogP contribution is -2.24. The number of rotatable bonds is 10. The summed E-state index contributed by atoms with van der Waals surface area (Å²) in [5.74, 6) is 1.31. The third kappa shape index (κ3) is 7.10. The average Bonchev–Trinajstić information content (AvgIpc) is 2.66. The van der Waals surface area contributed by atoms with Gasteiger partial charge in [0.25, 0.3) is 0 Å². The van der Waals surface area contributed by atoms with Gasteiger partial charge >= 0.3 is 0 Å². The highest BCUT2D eigenvalue weighted by molar-refractivity contribution is 8.00.